The number of hydrogen-bond acceptors (Lipinski definition) is 3. The van der Waals surface area contributed by atoms with Crippen LogP contribution in [0.1, 0.15) is 15.9 Å². The van der Waals surface area contributed by atoms with Crippen molar-refractivity contribution in [2.45, 2.75) is 6.54 Å². The molecule has 3 N–H and O–H groups in total. The molecule has 4 nitrogen and oxygen atoms in total. The molecule has 1 aromatic heterocycles. The van der Waals surface area contributed by atoms with Crippen LogP contribution in [0.25, 0.3) is 0 Å². The number of benzene rings is 1. The number of anilines is 1. The summed E-state index contributed by atoms with van der Waals surface area (Å²) in [6.07, 6.45) is 3.14. The van der Waals surface area contributed by atoms with Crippen LogP contribution in [0.5, 0.6) is 0 Å². The summed E-state index contributed by atoms with van der Waals surface area (Å²) in [7, 11) is 0. The van der Waals surface area contributed by atoms with Gasteiger partial charge in [0.2, 0.25) is 0 Å². The summed E-state index contributed by atoms with van der Waals surface area (Å²) in [6, 6.07) is 6.57. The topological polar surface area (TPSA) is 68.3 Å². The highest BCUT2D eigenvalue weighted by Gasteiger charge is 2.07. The predicted molar refractivity (Wildman–Crippen MR) is 65.7 cm³/mol. The van der Waals surface area contributed by atoms with Crippen molar-refractivity contribution in [3.05, 3.63) is 52.9 Å². The van der Waals surface area contributed by atoms with Gasteiger partial charge in [-0.1, -0.05) is 11.6 Å². The molecule has 0 saturated carbocycles. The van der Waals surface area contributed by atoms with E-state index in [-0.39, 0.29) is 5.91 Å². The molecule has 0 spiro atoms. The molecular weight excluding hydrogens is 240 g/mol. The third-order valence-corrected chi connectivity index (χ3v) is 2.64. The van der Waals surface area contributed by atoms with E-state index in [0.29, 0.717) is 22.8 Å². The Labute approximate surface area is 103 Å². The minimum absolute atomic E-state index is 0.199. The first-order chi connectivity index (χ1) is 8.16. The van der Waals surface area contributed by atoms with Crippen LogP contribution >= 0.6 is 11.6 Å². The fourth-order valence-electron chi connectivity index (χ4n) is 1.36. The van der Waals surface area contributed by atoms with Crippen molar-refractivity contribution >= 4 is 23.2 Å². The van der Waals surface area contributed by atoms with Crippen molar-refractivity contribution in [1.29, 1.82) is 0 Å². The summed E-state index contributed by atoms with van der Waals surface area (Å²) in [4.78, 5) is 11.8. The lowest BCUT2D eigenvalue weighted by Crippen LogP contribution is -2.22. The summed E-state index contributed by atoms with van der Waals surface area (Å²) < 4.78 is 4.90. The molecule has 0 saturated heterocycles. The van der Waals surface area contributed by atoms with Crippen LogP contribution in [0.2, 0.25) is 5.02 Å². The van der Waals surface area contributed by atoms with Crippen LogP contribution in [0, 0.1) is 0 Å². The van der Waals surface area contributed by atoms with Gasteiger partial charge in [-0.15, -0.1) is 0 Å². The van der Waals surface area contributed by atoms with Gasteiger partial charge in [-0.05, 0) is 24.3 Å². The summed E-state index contributed by atoms with van der Waals surface area (Å²) in [6.45, 7) is 0.415. The van der Waals surface area contributed by atoms with Crippen molar-refractivity contribution in [1.82, 2.24) is 5.32 Å². The van der Waals surface area contributed by atoms with E-state index in [1.165, 1.54) is 0 Å². The van der Waals surface area contributed by atoms with Gasteiger partial charge >= 0.3 is 0 Å². The summed E-state index contributed by atoms with van der Waals surface area (Å²) in [5.41, 5.74) is 7.40. The Bertz CT molecular complexity index is 523. The first kappa shape index (κ1) is 11.5. The highest BCUT2D eigenvalue weighted by atomic mass is 35.5. The average Bonchev–Trinajstić information content (AvgIpc) is 2.82. The van der Waals surface area contributed by atoms with Crippen LogP contribution in [0.15, 0.2) is 41.2 Å². The van der Waals surface area contributed by atoms with Gasteiger partial charge in [0.1, 0.15) is 0 Å². The maximum Gasteiger partial charge on any atom is 0.251 e. The van der Waals surface area contributed by atoms with E-state index in [1.807, 2.05) is 0 Å². The van der Waals surface area contributed by atoms with Gasteiger partial charge in [0, 0.05) is 17.7 Å². The van der Waals surface area contributed by atoms with Gasteiger partial charge in [0.05, 0.1) is 23.2 Å². The number of nitrogens with one attached hydrogen (secondary N) is 1. The van der Waals surface area contributed by atoms with E-state index in [4.69, 9.17) is 21.8 Å². The third-order valence-electron chi connectivity index (χ3n) is 2.29. The Morgan fingerprint density at radius 2 is 2.24 bits per heavy atom. The summed E-state index contributed by atoms with van der Waals surface area (Å²) >= 11 is 5.77. The number of rotatable bonds is 3. The molecule has 0 aliphatic heterocycles. The number of amides is 1. The van der Waals surface area contributed by atoms with E-state index in [2.05, 4.69) is 5.32 Å². The normalized spacial score (nSPS) is 10.2. The lowest BCUT2D eigenvalue weighted by molar-refractivity contribution is 0.0951. The van der Waals surface area contributed by atoms with E-state index in [1.54, 1.807) is 36.8 Å². The minimum atomic E-state index is -0.199. The standard InChI is InChI=1S/C12H11ClN2O2/c13-10-2-1-9(5-11(10)14)12(16)15-6-8-3-4-17-7-8/h1-5,7H,6,14H2,(H,15,16). The monoisotopic (exact) mass is 250 g/mol. The molecule has 2 aromatic rings. The zero-order chi connectivity index (χ0) is 12.3. The van der Waals surface area contributed by atoms with E-state index in [9.17, 15) is 4.79 Å². The molecule has 0 bridgehead atoms. The molecule has 1 heterocycles. The van der Waals surface area contributed by atoms with Crippen molar-refractivity contribution in [2.75, 3.05) is 5.73 Å². The van der Waals surface area contributed by atoms with Crippen molar-refractivity contribution in [3.63, 3.8) is 0 Å². The number of nitrogens with two attached hydrogens (primary N) is 1. The largest absolute Gasteiger partial charge is 0.472 e. The number of carbonyl (C=O) groups excluding carboxylic acids is 1. The van der Waals surface area contributed by atoms with Gasteiger partial charge in [-0.3, -0.25) is 4.79 Å². The number of furan rings is 1. The van der Waals surface area contributed by atoms with Gasteiger partial charge < -0.3 is 15.5 Å². The van der Waals surface area contributed by atoms with Crippen LogP contribution in [-0.2, 0) is 6.54 Å². The lowest BCUT2D eigenvalue weighted by atomic mass is 10.2. The van der Waals surface area contributed by atoms with Crippen LogP contribution in [0.4, 0.5) is 5.69 Å². The third kappa shape index (κ3) is 2.79. The summed E-state index contributed by atoms with van der Waals surface area (Å²) in [5, 5.41) is 3.19. The SMILES string of the molecule is Nc1cc(C(=O)NCc2ccoc2)ccc1Cl. The number of halogens is 1. The Kier molecular flexibility index (Phi) is 3.35. The highest BCUT2D eigenvalue weighted by molar-refractivity contribution is 6.33. The first-order valence-electron chi connectivity index (χ1n) is 5.01. The van der Waals surface area contributed by atoms with E-state index >= 15 is 0 Å². The highest BCUT2D eigenvalue weighted by Crippen LogP contribution is 2.19. The molecule has 0 atom stereocenters. The Morgan fingerprint density at radius 1 is 1.41 bits per heavy atom. The van der Waals surface area contributed by atoms with Gasteiger partial charge in [0.25, 0.3) is 5.91 Å². The molecule has 1 aromatic carbocycles. The Balaban J connectivity index is 2.02. The van der Waals surface area contributed by atoms with Crippen molar-refractivity contribution in [2.24, 2.45) is 0 Å². The smallest absolute Gasteiger partial charge is 0.251 e. The van der Waals surface area contributed by atoms with Crippen molar-refractivity contribution < 1.29 is 9.21 Å². The number of nitrogen functional groups attached to an aromatic ring is 1. The molecule has 1 amide bonds. The molecule has 0 unspecified atom stereocenters. The maximum absolute atomic E-state index is 11.8. The Morgan fingerprint density at radius 3 is 2.88 bits per heavy atom. The first-order valence-corrected chi connectivity index (χ1v) is 5.39. The fraction of sp³-hybridized carbons (Fsp3) is 0.0833. The summed E-state index contributed by atoms with van der Waals surface area (Å²) in [5.74, 6) is -0.199. The molecule has 0 radical (unpaired) electrons. The molecule has 2 rings (SSSR count). The zero-order valence-corrected chi connectivity index (χ0v) is 9.70. The van der Waals surface area contributed by atoms with Crippen LogP contribution in [0.3, 0.4) is 0 Å². The van der Waals surface area contributed by atoms with Gasteiger partial charge in [0.15, 0.2) is 0 Å². The van der Waals surface area contributed by atoms with Gasteiger partial charge in [-0.25, -0.2) is 0 Å². The van der Waals surface area contributed by atoms with Crippen LogP contribution < -0.4 is 11.1 Å². The maximum atomic E-state index is 11.8. The molecule has 0 aliphatic carbocycles. The van der Waals surface area contributed by atoms with Gasteiger partial charge in [-0.2, -0.15) is 0 Å². The molecule has 17 heavy (non-hydrogen) atoms. The fourth-order valence-corrected chi connectivity index (χ4v) is 1.48. The van der Waals surface area contributed by atoms with E-state index < -0.39 is 0 Å². The second-order valence-electron chi connectivity index (χ2n) is 3.55. The second-order valence-corrected chi connectivity index (χ2v) is 3.96. The van der Waals surface area contributed by atoms with Crippen LogP contribution in [-0.4, -0.2) is 5.91 Å². The second kappa shape index (κ2) is 4.93. The van der Waals surface area contributed by atoms with E-state index in [0.717, 1.165) is 5.56 Å². The lowest BCUT2D eigenvalue weighted by Gasteiger charge is -2.05. The quantitative estimate of drug-likeness (QED) is 0.822. The zero-order valence-electron chi connectivity index (χ0n) is 8.94. The Hall–Kier alpha value is -1.94. The molecule has 5 heteroatoms. The molecule has 0 aliphatic rings. The molecular formula is C12H11ClN2O2. The molecule has 88 valence electrons. The minimum Gasteiger partial charge on any atom is -0.472 e. The van der Waals surface area contributed by atoms with Crippen molar-refractivity contribution in [3.8, 4) is 0 Å². The average molecular weight is 251 g/mol. The number of hydrogen-bond donors (Lipinski definition) is 2. The predicted octanol–water partition coefficient (Wildman–Crippen LogP) is 2.45. The number of carbonyl (C=O) groups is 1. The molecule has 0 fully saturated rings.